The number of piperidine rings is 1. The largest absolute Gasteiger partial charge is 0.465 e. The summed E-state index contributed by atoms with van der Waals surface area (Å²) >= 11 is 0. The van der Waals surface area contributed by atoms with E-state index >= 15 is 0 Å². The molecule has 2 aromatic carbocycles. The van der Waals surface area contributed by atoms with E-state index in [-0.39, 0.29) is 17.9 Å². The van der Waals surface area contributed by atoms with Gasteiger partial charge in [-0.05, 0) is 49.1 Å². The zero-order chi connectivity index (χ0) is 22.1. The van der Waals surface area contributed by atoms with Gasteiger partial charge < -0.3 is 15.4 Å². The van der Waals surface area contributed by atoms with Gasteiger partial charge in [0.15, 0.2) is 0 Å². The van der Waals surface area contributed by atoms with Crippen molar-refractivity contribution in [2.45, 2.75) is 31.7 Å². The Bertz CT molecular complexity index is 875. The van der Waals surface area contributed by atoms with Gasteiger partial charge >= 0.3 is 5.97 Å². The summed E-state index contributed by atoms with van der Waals surface area (Å²) in [7, 11) is 1.33. The van der Waals surface area contributed by atoms with Crippen LogP contribution in [0.4, 0.5) is 5.69 Å². The average Bonchev–Trinajstić information content (AvgIpc) is 2.79. The van der Waals surface area contributed by atoms with Crippen LogP contribution in [0, 0.1) is 0 Å². The minimum atomic E-state index is -0.409. The monoisotopic (exact) mass is 423 g/mol. The zero-order valence-corrected chi connectivity index (χ0v) is 17.8. The van der Waals surface area contributed by atoms with Crippen LogP contribution in [-0.2, 0) is 20.7 Å². The summed E-state index contributed by atoms with van der Waals surface area (Å²) in [4.78, 5) is 38.1. The molecule has 7 heteroatoms. The highest BCUT2D eigenvalue weighted by Gasteiger charge is 2.22. The molecule has 0 aromatic heterocycles. The van der Waals surface area contributed by atoms with Crippen molar-refractivity contribution in [2.24, 2.45) is 0 Å². The molecule has 1 fully saturated rings. The molecule has 2 N–H and O–H groups in total. The fourth-order valence-corrected chi connectivity index (χ4v) is 3.65. The normalized spacial score (nSPS) is 14.6. The molecule has 7 nitrogen and oxygen atoms in total. The minimum Gasteiger partial charge on any atom is -0.465 e. The summed E-state index contributed by atoms with van der Waals surface area (Å²) < 4.78 is 4.66. The second kappa shape index (κ2) is 11.3. The highest BCUT2D eigenvalue weighted by atomic mass is 16.5. The first kappa shape index (κ1) is 22.5. The fourth-order valence-electron chi connectivity index (χ4n) is 3.65. The summed E-state index contributed by atoms with van der Waals surface area (Å²) in [6, 6.07) is 16.8. The molecule has 1 aliphatic rings. The van der Waals surface area contributed by atoms with Crippen molar-refractivity contribution in [3.8, 4) is 0 Å². The molecule has 1 heterocycles. The molecule has 0 bridgehead atoms. The molecule has 1 aliphatic heterocycles. The molecule has 2 aromatic rings. The summed E-state index contributed by atoms with van der Waals surface area (Å²) in [5.41, 5.74) is 2.24. The van der Waals surface area contributed by atoms with Crippen molar-refractivity contribution in [1.82, 2.24) is 10.2 Å². The van der Waals surface area contributed by atoms with E-state index in [9.17, 15) is 14.4 Å². The number of hydrogen-bond donors (Lipinski definition) is 2. The first-order valence-electron chi connectivity index (χ1n) is 10.6. The molecule has 0 saturated carbocycles. The molecule has 2 amide bonds. The molecule has 3 rings (SSSR count). The smallest absolute Gasteiger partial charge is 0.337 e. The van der Waals surface area contributed by atoms with Crippen LogP contribution in [0.15, 0.2) is 54.6 Å². The molecule has 164 valence electrons. The zero-order valence-electron chi connectivity index (χ0n) is 17.8. The quantitative estimate of drug-likeness (QED) is 0.638. The number of esters is 1. The van der Waals surface area contributed by atoms with E-state index in [2.05, 4.69) is 20.3 Å². The first-order valence-corrected chi connectivity index (χ1v) is 10.6. The average molecular weight is 424 g/mol. The van der Waals surface area contributed by atoms with Crippen LogP contribution < -0.4 is 10.6 Å². The van der Waals surface area contributed by atoms with Gasteiger partial charge in [-0.15, -0.1) is 0 Å². The van der Waals surface area contributed by atoms with Crippen molar-refractivity contribution in [3.05, 3.63) is 65.7 Å². The van der Waals surface area contributed by atoms with Crippen LogP contribution in [0.25, 0.3) is 0 Å². The van der Waals surface area contributed by atoms with Crippen LogP contribution in [0.1, 0.15) is 35.2 Å². The van der Waals surface area contributed by atoms with Crippen LogP contribution in [-0.4, -0.2) is 55.5 Å². The molecule has 1 saturated heterocycles. The van der Waals surface area contributed by atoms with Crippen molar-refractivity contribution >= 4 is 23.5 Å². The predicted octanol–water partition coefficient (Wildman–Crippen LogP) is 2.63. The molecular weight excluding hydrogens is 394 g/mol. The lowest BCUT2D eigenvalue weighted by Crippen LogP contribution is -2.46. The van der Waals surface area contributed by atoms with Gasteiger partial charge in [0.2, 0.25) is 11.8 Å². The van der Waals surface area contributed by atoms with Gasteiger partial charge in [0.05, 0.1) is 19.2 Å². The Morgan fingerprint density at radius 2 is 1.65 bits per heavy atom. The summed E-state index contributed by atoms with van der Waals surface area (Å²) in [5, 5.41) is 5.96. The Balaban J connectivity index is 1.35. The number of aryl methyl sites for hydroxylation is 1. The van der Waals surface area contributed by atoms with Crippen molar-refractivity contribution in [2.75, 3.05) is 32.1 Å². The number of carbonyl (C=O) groups is 3. The third-order valence-corrected chi connectivity index (χ3v) is 5.39. The number of ether oxygens (including phenoxy) is 1. The number of benzene rings is 2. The number of anilines is 1. The Morgan fingerprint density at radius 1 is 0.968 bits per heavy atom. The van der Waals surface area contributed by atoms with Gasteiger partial charge in [0.25, 0.3) is 0 Å². The Morgan fingerprint density at radius 3 is 2.29 bits per heavy atom. The number of hydrogen-bond acceptors (Lipinski definition) is 5. The summed E-state index contributed by atoms with van der Waals surface area (Å²) in [6.45, 7) is 1.82. The number of amides is 2. The van der Waals surface area contributed by atoms with E-state index in [4.69, 9.17) is 0 Å². The van der Waals surface area contributed by atoms with Gasteiger partial charge in [-0.3, -0.25) is 14.5 Å². The lowest BCUT2D eigenvalue weighted by molar-refractivity contribution is -0.122. The Kier molecular flexibility index (Phi) is 8.18. The van der Waals surface area contributed by atoms with Crippen molar-refractivity contribution < 1.29 is 19.1 Å². The molecule has 31 heavy (non-hydrogen) atoms. The topological polar surface area (TPSA) is 87.7 Å². The summed E-state index contributed by atoms with van der Waals surface area (Å²) in [5.74, 6) is -0.431. The SMILES string of the molecule is COC(=O)c1ccc(NC(=O)CN2CCC(NC(=O)CCc3ccccc3)CC2)cc1. The Hall–Kier alpha value is -3.19. The summed E-state index contributed by atoms with van der Waals surface area (Å²) in [6.07, 6.45) is 2.89. The fraction of sp³-hybridized carbons (Fsp3) is 0.375. The van der Waals surface area contributed by atoms with E-state index < -0.39 is 5.97 Å². The number of methoxy groups -OCH3 is 1. The van der Waals surface area contributed by atoms with E-state index in [1.807, 2.05) is 30.3 Å². The second-order valence-corrected chi connectivity index (χ2v) is 7.72. The van der Waals surface area contributed by atoms with Gasteiger partial charge in [0, 0.05) is 31.2 Å². The predicted molar refractivity (Wildman–Crippen MR) is 119 cm³/mol. The number of rotatable bonds is 8. The van der Waals surface area contributed by atoms with Gasteiger partial charge in [0.1, 0.15) is 0 Å². The maximum atomic E-state index is 12.3. The molecule has 0 unspecified atom stereocenters. The number of nitrogens with zero attached hydrogens (tertiary/aromatic N) is 1. The highest BCUT2D eigenvalue weighted by molar-refractivity contribution is 5.94. The third-order valence-electron chi connectivity index (χ3n) is 5.39. The lowest BCUT2D eigenvalue weighted by Gasteiger charge is -2.31. The van der Waals surface area contributed by atoms with Crippen LogP contribution >= 0.6 is 0 Å². The number of carbonyl (C=O) groups excluding carboxylic acids is 3. The van der Waals surface area contributed by atoms with E-state index in [0.717, 1.165) is 32.4 Å². The van der Waals surface area contributed by atoms with Crippen LogP contribution in [0.5, 0.6) is 0 Å². The van der Waals surface area contributed by atoms with E-state index in [0.29, 0.717) is 24.2 Å². The second-order valence-electron chi connectivity index (χ2n) is 7.72. The molecule has 0 atom stereocenters. The molecule has 0 spiro atoms. The number of likely N-dealkylation sites (tertiary alicyclic amines) is 1. The maximum absolute atomic E-state index is 12.3. The standard InChI is InChI=1S/C24H29N3O4/c1-31-24(30)19-8-10-20(11-9-19)26-23(29)17-27-15-13-21(14-16-27)25-22(28)12-7-18-5-3-2-4-6-18/h2-6,8-11,21H,7,12-17H2,1H3,(H,25,28)(H,26,29). The van der Waals surface area contributed by atoms with Crippen LogP contribution in [0.2, 0.25) is 0 Å². The first-order chi connectivity index (χ1) is 15.0. The minimum absolute atomic E-state index is 0.0791. The van der Waals surface area contributed by atoms with Crippen molar-refractivity contribution in [1.29, 1.82) is 0 Å². The van der Waals surface area contributed by atoms with Gasteiger partial charge in [-0.2, -0.15) is 0 Å². The molecule has 0 radical (unpaired) electrons. The number of nitrogens with one attached hydrogen (secondary N) is 2. The maximum Gasteiger partial charge on any atom is 0.337 e. The van der Waals surface area contributed by atoms with E-state index in [1.165, 1.54) is 12.7 Å². The molecule has 0 aliphatic carbocycles. The van der Waals surface area contributed by atoms with Crippen LogP contribution in [0.3, 0.4) is 0 Å². The van der Waals surface area contributed by atoms with Gasteiger partial charge in [-0.1, -0.05) is 30.3 Å². The molecular formula is C24H29N3O4. The lowest BCUT2D eigenvalue weighted by atomic mass is 10.0. The van der Waals surface area contributed by atoms with Crippen molar-refractivity contribution in [3.63, 3.8) is 0 Å². The third kappa shape index (κ3) is 7.22. The Labute approximate surface area is 182 Å². The van der Waals surface area contributed by atoms with Gasteiger partial charge in [-0.25, -0.2) is 4.79 Å². The highest BCUT2D eigenvalue weighted by Crippen LogP contribution is 2.13. The van der Waals surface area contributed by atoms with E-state index in [1.54, 1.807) is 24.3 Å².